The van der Waals surface area contributed by atoms with Crippen LogP contribution in [-0.4, -0.2) is 63.2 Å². The number of carbonyl (C=O) groups excluding carboxylic acids is 1. The summed E-state index contributed by atoms with van der Waals surface area (Å²) in [6.07, 6.45) is 4.15. The number of likely N-dealkylation sites (N-methyl/N-ethyl adjacent to an activating group) is 1. The van der Waals surface area contributed by atoms with Gasteiger partial charge in [0, 0.05) is 39.2 Å². The Balaban J connectivity index is 1.62. The van der Waals surface area contributed by atoms with Crippen LogP contribution in [-0.2, 0) is 14.9 Å². The van der Waals surface area contributed by atoms with E-state index in [1.54, 1.807) is 20.2 Å². The molecule has 1 amide bonds. The normalized spacial score (nSPS) is 21.0. The summed E-state index contributed by atoms with van der Waals surface area (Å²) >= 11 is 0. The quantitative estimate of drug-likeness (QED) is 0.561. The van der Waals surface area contributed by atoms with E-state index in [4.69, 9.17) is 4.74 Å². The first-order chi connectivity index (χ1) is 13.0. The number of amides is 1. The maximum atomic E-state index is 14.2. The molecule has 1 aliphatic heterocycles. The molecule has 2 aliphatic rings. The van der Waals surface area contributed by atoms with E-state index in [0.29, 0.717) is 19.0 Å². The van der Waals surface area contributed by atoms with Crippen molar-refractivity contribution in [3.8, 4) is 0 Å². The van der Waals surface area contributed by atoms with Gasteiger partial charge in [0.05, 0.1) is 6.10 Å². The number of carbonyl (C=O) groups is 1. The molecule has 148 valence electrons. The minimum absolute atomic E-state index is 0.0662. The molecule has 0 aromatic heterocycles. The predicted molar refractivity (Wildman–Crippen MR) is 103 cm³/mol. The molecular weight excluding hydrogens is 347 g/mol. The van der Waals surface area contributed by atoms with Crippen molar-refractivity contribution in [2.24, 2.45) is 4.99 Å². The third-order valence-corrected chi connectivity index (χ3v) is 5.29. The Hall–Kier alpha value is -2.15. The fraction of sp³-hybridized carbons (Fsp3) is 0.600. The first kappa shape index (κ1) is 19.6. The highest BCUT2D eigenvalue weighted by atomic mass is 19.1. The number of rotatable bonds is 7. The summed E-state index contributed by atoms with van der Waals surface area (Å²) in [6.45, 7) is 2.10. The van der Waals surface area contributed by atoms with Gasteiger partial charge >= 0.3 is 0 Å². The monoisotopic (exact) mass is 376 g/mol. The van der Waals surface area contributed by atoms with E-state index in [0.717, 1.165) is 37.9 Å². The highest BCUT2D eigenvalue weighted by molar-refractivity contribution is 5.84. The smallest absolute Gasteiger partial charge is 0.243 e. The second kappa shape index (κ2) is 8.69. The van der Waals surface area contributed by atoms with Crippen LogP contribution in [0.25, 0.3) is 0 Å². The zero-order valence-electron chi connectivity index (χ0n) is 16.1. The lowest BCUT2D eigenvalue weighted by atomic mass is 9.95. The number of hydrogen-bond acceptors (Lipinski definition) is 3. The average molecular weight is 376 g/mol. The minimum atomic E-state index is -0.191. The molecule has 1 heterocycles. The van der Waals surface area contributed by atoms with Crippen LogP contribution in [0.2, 0.25) is 0 Å². The lowest BCUT2D eigenvalue weighted by molar-refractivity contribution is -0.127. The van der Waals surface area contributed by atoms with Gasteiger partial charge in [0.2, 0.25) is 5.91 Å². The molecule has 27 heavy (non-hydrogen) atoms. The Bertz CT molecular complexity index is 682. The molecule has 7 heteroatoms. The summed E-state index contributed by atoms with van der Waals surface area (Å²) in [5.74, 6) is 0.345. The fourth-order valence-corrected chi connectivity index (χ4v) is 3.31. The van der Waals surface area contributed by atoms with Crippen LogP contribution < -0.4 is 10.6 Å². The van der Waals surface area contributed by atoms with Gasteiger partial charge in [0.15, 0.2) is 5.96 Å². The number of guanidine groups is 1. The Labute approximate surface area is 160 Å². The molecule has 1 aliphatic carbocycles. The van der Waals surface area contributed by atoms with Crippen molar-refractivity contribution in [1.29, 1.82) is 0 Å². The summed E-state index contributed by atoms with van der Waals surface area (Å²) in [5.41, 5.74) is 0.559. The molecule has 1 atom stereocenters. The number of hydrogen-bond donors (Lipinski definition) is 2. The lowest BCUT2D eigenvalue weighted by Crippen LogP contribution is -2.44. The van der Waals surface area contributed by atoms with Gasteiger partial charge < -0.3 is 20.3 Å². The van der Waals surface area contributed by atoms with Gasteiger partial charge in [0.25, 0.3) is 0 Å². The molecular formula is C20H29FN4O2. The second-order valence-corrected chi connectivity index (χ2v) is 7.58. The Morgan fingerprint density at radius 1 is 1.33 bits per heavy atom. The summed E-state index contributed by atoms with van der Waals surface area (Å²) in [7, 11) is 3.42. The predicted octanol–water partition coefficient (Wildman–Crippen LogP) is 1.66. The molecule has 1 unspecified atom stereocenters. The molecule has 1 saturated heterocycles. The summed E-state index contributed by atoms with van der Waals surface area (Å²) < 4.78 is 19.8. The SMILES string of the molecule is CN(C)C(=O)CN=C(NCC1CCCO1)NCC1(c2ccccc2F)CC1. The first-order valence-electron chi connectivity index (χ1n) is 9.59. The third kappa shape index (κ3) is 5.19. The molecule has 6 nitrogen and oxygen atoms in total. The van der Waals surface area contributed by atoms with E-state index >= 15 is 0 Å². The van der Waals surface area contributed by atoms with Crippen molar-refractivity contribution >= 4 is 11.9 Å². The molecule has 0 spiro atoms. The van der Waals surface area contributed by atoms with Crippen LogP contribution in [0.3, 0.4) is 0 Å². The summed E-state index contributed by atoms with van der Waals surface area (Å²) in [5, 5.41) is 6.58. The third-order valence-electron chi connectivity index (χ3n) is 5.29. The van der Waals surface area contributed by atoms with E-state index < -0.39 is 0 Å². The minimum Gasteiger partial charge on any atom is -0.376 e. The van der Waals surface area contributed by atoms with Crippen molar-refractivity contribution in [2.45, 2.75) is 37.2 Å². The molecule has 1 aromatic carbocycles. The first-order valence-corrected chi connectivity index (χ1v) is 9.59. The van der Waals surface area contributed by atoms with Crippen LogP contribution in [0.5, 0.6) is 0 Å². The Morgan fingerprint density at radius 2 is 2.11 bits per heavy atom. The van der Waals surface area contributed by atoms with Gasteiger partial charge in [-0.3, -0.25) is 4.79 Å². The molecule has 2 N–H and O–H groups in total. The van der Waals surface area contributed by atoms with E-state index in [9.17, 15) is 9.18 Å². The maximum absolute atomic E-state index is 14.2. The standard InChI is InChI=1S/C20H29FN4O2/c1-25(2)18(26)13-23-19(22-12-15-6-5-11-27-15)24-14-20(9-10-20)16-7-3-4-8-17(16)21/h3-4,7-8,15H,5-6,9-14H2,1-2H3,(H2,22,23,24). The number of aliphatic imine (C=N–C) groups is 1. The number of benzene rings is 1. The van der Waals surface area contributed by atoms with Crippen LogP contribution in [0.4, 0.5) is 4.39 Å². The van der Waals surface area contributed by atoms with Gasteiger partial charge in [-0.2, -0.15) is 0 Å². The zero-order valence-corrected chi connectivity index (χ0v) is 16.1. The fourth-order valence-electron chi connectivity index (χ4n) is 3.31. The lowest BCUT2D eigenvalue weighted by Gasteiger charge is -2.21. The topological polar surface area (TPSA) is 66.0 Å². The van der Waals surface area contributed by atoms with Crippen molar-refractivity contribution in [3.05, 3.63) is 35.6 Å². The van der Waals surface area contributed by atoms with Crippen molar-refractivity contribution in [1.82, 2.24) is 15.5 Å². The van der Waals surface area contributed by atoms with Crippen molar-refractivity contribution in [3.63, 3.8) is 0 Å². The van der Waals surface area contributed by atoms with E-state index in [1.165, 1.54) is 11.0 Å². The Kier molecular flexibility index (Phi) is 6.31. The zero-order chi connectivity index (χ0) is 19.3. The number of halogens is 1. The van der Waals surface area contributed by atoms with Gasteiger partial charge in [-0.15, -0.1) is 0 Å². The summed E-state index contributed by atoms with van der Waals surface area (Å²) in [6, 6.07) is 6.95. The Morgan fingerprint density at radius 3 is 2.74 bits per heavy atom. The van der Waals surface area contributed by atoms with E-state index in [1.807, 2.05) is 12.1 Å². The molecule has 3 rings (SSSR count). The summed E-state index contributed by atoms with van der Waals surface area (Å²) in [4.78, 5) is 17.8. The van der Waals surface area contributed by atoms with E-state index in [2.05, 4.69) is 15.6 Å². The van der Waals surface area contributed by atoms with Gasteiger partial charge in [-0.1, -0.05) is 18.2 Å². The van der Waals surface area contributed by atoms with Crippen LogP contribution in [0.15, 0.2) is 29.3 Å². The number of nitrogens with one attached hydrogen (secondary N) is 2. The second-order valence-electron chi connectivity index (χ2n) is 7.58. The molecule has 1 saturated carbocycles. The maximum Gasteiger partial charge on any atom is 0.243 e. The highest BCUT2D eigenvalue weighted by Gasteiger charge is 2.45. The van der Waals surface area contributed by atoms with Crippen molar-refractivity contribution < 1.29 is 13.9 Å². The van der Waals surface area contributed by atoms with Crippen molar-refractivity contribution in [2.75, 3.05) is 40.3 Å². The molecule has 2 fully saturated rings. The highest BCUT2D eigenvalue weighted by Crippen LogP contribution is 2.48. The number of ether oxygens (including phenoxy) is 1. The molecule has 1 aromatic rings. The van der Waals surface area contributed by atoms with Gasteiger partial charge in [-0.25, -0.2) is 9.38 Å². The number of nitrogens with zero attached hydrogens (tertiary/aromatic N) is 2. The molecule has 0 radical (unpaired) electrons. The van der Waals surface area contributed by atoms with Gasteiger partial charge in [0.1, 0.15) is 12.4 Å². The average Bonchev–Trinajstić information content (AvgIpc) is 3.25. The van der Waals surface area contributed by atoms with Crippen LogP contribution in [0, 0.1) is 5.82 Å². The van der Waals surface area contributed by atoms with Crippen LogP contribution in [0.1, 0.15) is 31.2 Å². The van der Waals surface area contributed by atoms with Crippen LogP contribution >= 0.6 is 0 Å². The largest absolute Gasteiger partial charge is 0.376 e. The van der Waals surface area contributed by atoms with Gasteiger partial charge in [-0.05, 0) is 37.3 Å². The molecule has 0 bridgehead atoms. The van der Waals surface area contributed by atoms with E-state index in [-0.39, 0.29) is 29.8 Å².